The summed E-state index contributed by atoms with van der Waals surface area (Å²) in [7, 11) is 1.44. The largest absolute Gasteiger partial charge is 0.469 e. The van der Waals surface area contributed by atoms with Crippen LogP contribution in [-0.4, -0.2) is 18.6 Å². The molecule has 1 unspecified atom stereocenters. The summed E-state index contributed by atoms with van der Waals surface area (Å²) < 4.78 is 4.86. The predicted molar refractivity (Wildman–Crippen MR) is 60.1 cm³/mol. The molecule has 0 amide bonds. The molecule has 0 spiro atoms. The van der Waals surface area contributed by atoms with Gasteiger partial charge in [-0.25, -0.2) is 0 Å². The minimum absolute atomic E-state index is 0.160. The Balaban J connectivity index is 2.07. The number of hydrogen-bond donors (Lipinski definition) is 1. The molecule has 3 heteroatoms. The maximum absolute atomic E-state index is 11.8. The fourth-order valence-corrected chi connectivity index (χ4v) is 2.95. The number of nitrogens with two attached hydrogens (primary N) is 1. The predicted octanol–water partition coefficient (Wildman–Crippen LogP) is 1.53. The molecule has 2 aliphatic rings. The van der Waals surface area contributed by atoms with Crippen LogP contribution in [0.25, 0.3) is 0 Å². The number of carbonyl (C=O) groups excluding carboxylic acids is 1. The number of methoxy groups -OCH3 is 1. The van der Waals surface area contributed by atoms with E-state index >= 15 is 0 Å². The van der Waals surface area contributed by atoms with Crippen molar-refractivity contribution in [3.05, 3.63) is 35.4 Å². The van der Waals surface area contributed by atoms with Gasteiger partial charge in [-0.2, -0.15) is 0 Å². The van der Waals surface area contributed by atoms with Crippen LogP contribution in [0.2, 0.25) is 0 Å². The number of fused-ring (bicyclic) bond motifs is 3. The summed E-state index contributed by atoms with van der Waals surface area (Å²) in [5.41, 5.74) is 8.43. The van der Waals surface area contributed by atoms with Gasteiger partial charge in [-0.1, -0.05) is 24.3 Å². The molecule has 1 fully saturated rings. The highest BCUT2D eigenvalue weighted by atomic mass is 16.5. The van der Waals surface area contributed by atoms with Gasteiger partial charge < -0.3 is 10.5 Å². The summed E-state index contributed by atoms with van der Waals surface area (Å²) in [6, 6.07) is 8.09. The standard InChI is InChI=1S/C13H15NO2/c1-16-12(15)10-6-13(14)7-11(13)9-5-3-2-4-8(9)10/h2-5,10-11H,6-7,14H2,1H3/t10-,11+,13?/m1/s1. The molecule has 0 saturated heterocycles. The molecule has 2 N–H and O–H groups in total. The minimum atomic E-state index is -0.176. The molecule has 84 valence electrons. The van der Waals surface area contributed by atoms with Crippen molar-refractivity contribution in [2.24, 2.45) is 5.73 Å². The van der Waals surface area contributed by atoms with E-state index in [9.17, 15) is 4.79 Å². The maximum atomic E-state index is 11.8. The Morgan fingerprint density at radius 3 is 2.75 bits per heavy atom. The fraction of sp³-hybridized carbons (Fsp3) is 0.462. The van der Waals surface area contributed by atoms with Gasteiger partial charge >= 0.3 is 5.97 Å². The normalized spacial score (nSPS) is 34.9. The second-order valence-corrected chi connectivity index (χ2v) is 4.90. The van der Waals surface area contributed by atoms with Crippen molar-refractivity contribution in [2.45, 2.75) is 30.2 Å². The Labute approximate surface area is 94.6 Å². The highest BCUT2D eigenvalue weighted by molar-refractivity contribution is 5.80. The van der Waals surface area contributed by atoms with Gasteiger partial charge in [-0.15, -0.1) is 0 Å². The van der Waals surface area contributed by atoms with Gasteiger partial charge in [-0.05, 0) is 24.0 Å². The zero-order valence-electron chi connectivity index (χ0n) is 9.27. The summed E-state index contributed by atoms with van der Waals surface area (Å²) in [6.45, 7) is 0. The van der Waals surface area contributed by atoms with Crippen LogP contribution < -0.4 is 5.73 Å². The number of esters is 1. The zero-order chi connectivity index (χ0) is 11.3. The van der Waals surface area contributed by atoms with E-state index < -0.39 is 0 Å². The van der Waals surface area contributed by atoms with E-state index in [1.807, 2.05) is 18.2 Å². The van der Waals surface area contributed by atoms with Crippen LogP contribution in [0.5, 0.6) is 0 Å². The third-order valence-corrected chi connectivity index (χ3v) is 3.93. The van der Waals surface area contributed by atoms with Crippen molar-refractivity contribution >= 4 is 5.97 Å². The van der Waals surface area contributed by atoms with Crippen LogP contribution in [0.3, 0.4) is 0 Å². The van der Waals surface area contributed by atoms with Crippen molar-refractivity contribution in [1.82, 2.24) is 0 Å². The fourth-order valence-electron chi connectivity index (χ4n) is 2.95. The van der Waals surface area contributed by atoms with Crippen LogP contribution in [0.1, 0.15) is 35.8 Å². The van der Waals surface area contributed by atoms with E-state index in [-0.39, 0.29) is 17.4 Å². The first-order valence-corrected chi connectivity index (χ1v) is 5.61. The number of ether oxygens (including phenoxy) is 1. The SMILES string of the molecule is COC(=O)[C@@H]1CC2(N)C[C@H]2c2ccccc21. The summed E-state index contributed by atoms with van der Waals surface area (Å²) in [5.74, 6) is 0.109. The van der Waals surface area contributed by atoms with E-state index in [0.717, 1.165) is 18.4 Å². The van der Waals surface area contributed by atoms with Crippen LogP contribution in [0.15, 0.2) is 24.3 Å². The lowest BCUT2D eigenvalue weighted by atomic mass is 9.80. The van der Waals surface area contributed by atoms with E-state index in [0.29, 0.717) is 5.92 Å². The Hall–Kier alpha value is -1.35. The van der Waals surface area contributed by atoms with E-state index in [4.69, 9.17) is 10.5 Å². The number of carbonyl (C=O) groups is 1. The van der Waals surface area contributed by atoms with Crippen LogP contribution in [-0.2, 0) is 9.53 Å². The van der Waals surface area contributed by atoms with Gasteiger partial charge in [0.2, 0.25) is 0 Å². The van der Waals surface area contributed by atoms with E-state index in [2.05, 4.69) is 6.07 Å². The molecule has 0 radical (unpaired) electrons. The second-order valence-electron chi connectivity index (χ2n) is 4.90. The van der Waals surface area contributed by atoms with E-state index in [1.54, 1.807) is 0 Å². The maximum Gasteiger partial charge on any atom is 0.313 e. The van der Waals surface area contributed by atoms with Gasteiger partial charge in [0.25, 0.3) is 0 Å². The van der Waals surface area contributed by atoms with Crippen LogP contribution in [0.4, 0.5) is 0 Å². The zero-order valence-corrected chi connectivity index (χ0v) is 9.27. The highest BCUT2D eigenvalue weighted by Crippen LogP contribution is 2.59. The first-order chi connectivity index (χ1) is 7.65. The molecule has 1 aromatic carbocycles. The lowest BCUT2D eigenvalue weighted by Crippen LogP contribution is -2.34. The third-order valence-electron chi connectivity index (χ3n) is 3.93. The first kappa shape index (κ1) is 9.85. The topological polar surface area (TPSA) is 52.3 Å². The molecule has 0 aliphatic heterocycles. The third kappa shape index (κ3) is 1.21. The lowest BCUT2D eigenvalue weighted by Gasteiger charge is -2.27. The molecule has 2 aliphatic carbocycles. The molecule has 3 atom stereocenters. The monoisotopic (exact) mass is 217 g/mol. The molecule has 0 aromatic heterocycles. The lowest BCUT2D eigenvalue weighted by molar-refractivity contribution is -0.142. The average Bonchev–Trinajstić information content (AvgIpc) is 2.99. The van der Waals surface area contributed by atoms with Crippen molar-refractivity contribution in [3.8, 4) is 0 Å². The quantitative estimate of drug-likeness (QED) is 0.726. The molecule has 1 aromatic rings. The molecule has 0 bridgehead atoms. The summed E-state index contributed by atoms with van der Waals surface area (Å²) in [4.78, 5) is 11.8. The van der Waals surface area contributed by atoms with Crippen molar-refractivity contribution in [2.75, 3.05) is 7.11 Å². The van der Waals surface area contributed by atoms with Gasteiger partial charge in [0.05, 0.1) is 13.0 Å². The molecular formula is C13H15NO2. The summed E-state index contributed by atoms with van der Waals surface area (Å²) in [5, 5.41) is 0. The van der Waals surface area contributed by atoms with Gasteiger partial charge in [0.1, 0.15) is 0 Å². The molecule has 3 rings (SSSR count). The Kier molecular flexibility index (Phi) is 1.89. The van der Waals surface area contributed by atoms with Gasteiger partial charge in [-0.3, -0.25) is 4.79 Å². The van der Waals surface area contributed by atoms with Crippen molar-refractivity contribution < 1.29 is 9.53 Å². The van der Waals surface area contributed by atoms with Crippen LogP contribution >= 0.6 is 0 Å². The molecule has 0 heterocycles. The smallest absolute Gasteiger partial charge is 0.313 e. The van der Waals surface area contributed by atoms with E-state index in [1.165, 1.54) is 12.7 Å². The first-order valence-electron chi connectivity index (χ1n) is 5.61. The van der Waals surface area contributed by atoms with Crippen molar-refractivity contribution in [3.63, 3.8) is 0 Å². The second kappa shape index (κ2) is 3.08. The molecule has 16 heavy (non-hydrogen) atoms. The molecular weight excluding hydrogens is 202 g/mol. The number of rotatable bonds is 1. The Morgan fingerprint density at radius 1 is 1.38 bits per heavy atom. The number of benzene rings is 1. The summed E-state index contributed by atoms with van der Waals surface area (Å²) in [6.07, 6.45) is 1.72. The minimum Gasteiger partial charge on any atom is -0.469 e. The molecule has 1 saturated carbocycles. The average molecular weight is 217 g/mol. The summed E-state index contributed by atoms with van der Waals surface area (Å²) >= 11 is 0. The highest BCUT2D eigenvalue weighted by Gasteiger charge is 2.57. The van der Waals surface area contributed by atoms with Gasteiger partial charge in [0.15, 0.2) is 0 Å². The Morgan fingerprint density at radius 2 is 2.06 bits per heavy atom. The van der Waals surface area contributed by atoms with Crippen molar-refractivity contribution in [1.29, 1.82) is 0 Å². The molecule has 3 nitrogen and oxygen atoms in total. The number of hydrogen-bond acceptors (Lipinski definition) is 3. The van der Waals surface area contributed by atoms with Crippen LogP contribution in [0, 0.1) is 0 Å². The van der Waals surface area contributed by atoms with Gasteiger partial charge in [0, 0.05) is 11.5 Å². The Bertz CT molecular complexity index is 457.